The summed E-state index contributed by atoms with van der Waals surface area (Å²) in [5, 5.41) is 0. The topological polar surface area (TPSA) is 36.9 Å². The molecule has 2 aliphatic rings. The van der Waals surface area contributed by atoms with Gasteiger partial charge in [0.25, 0.3) is 0 Å². The molecule has 4 heteroatoms. The van der Waals surface area contributed by atoms with E-state index in [1.54, 1.807) is 0 Å². The monoisotopic (exact) mass is 160 g/mol. The normalized spacial score (nSPS) is 50.7. The van der Waals surface area contributed by atoms with E-state index >= 15 is 0 Å². The highest BCUT2D eigenvalue weighted by Gasteiger charge is 2.53. The average molecular weight is 160 g/mol. The van der Waals surface area contributed by atoms with Gasteiger partial charge in [-0.3, -0.25) is 0 Å². The zero-order chi connectivity index (χ0) is 7.90. The molecule has 0 aromatic rings. The third-order valence-corrected chi connectivity index (χ3v) is 2.34. The molecule has 2 unspecified atom stereocenters. The lowest BCUT2D eigenvalue weighted by atomic mass is 10.1. The van der Waals surface area contributed by atoms with E-state index < -0.39 is 5.79 Å². The molecule has 2 atom stereocenters. The van der Waals surface area contributed by atoms with E-state index in [-0.39, 0.29) is 12.2 Å². The maximum atomic E-state index is 5.36. The zero-order valence-corrected chi connectivity index (χ0v) is 6.70. The molecule has 11 heavy (non-hydrogen) atoms. The second-order valence-electron chi connectivity index (χ2n) is 2.86. The standard InChI is InChI=1S/C7H12O4/c1-5-7(10-3-8-5)6(2)9-4-11-7/h5-6H,3-4H2,1-2H3. The summed E-state index contributed by atoms with van der Waals surface area (Å²) >= 11 is 0. The fourth-order valence-corrected chi connectivity index (χ4v) is 1.53. The molecule has 2 fully saturated rings. The minimum absolute atomic E-state index is 0.0417. The van der Waals surface area contributed by atoms with Gasteiger partial charge in [-0.2, -0.15) is 0 Å². The Hall–Kier alpha value is -0.160. The second-order valence-corrected chi connectivity index (χ2v) is 2.86. The van der Waals surface area contributed by atoms with Gasteiger partial charge in [0.1, 0.15) is 12.2 Å². The van der Waals surface area contributed by atoms with Gasteiger partial charge < -0.3 is 18.9 Å². The highest BCUT2D eigenvalue weighted by Crippen LogP contribution is 2.35. The highest BCUT2D eigenvalue weighted by atomic mass is 16.9. The van der Waals surface area contributed by atoms with E-state index in [1.165, 1.54) is 0 Å². The van der Waals surface area contributed by atoms with Gasteiger partial charge in [0.05, 0.1) is 0 Å². The van der Waals surface area contributed by atoms with E-state index in [2.05, 4.69) is 0 Å². The molecule has 2 aliphatic heterocycles. The Labute approximate surface area is 65.4 Å². The fraction of sp³-hybridized carbons (Fsp3) is 1.00. The molecule has 0 radical (unpaired) electrons. The predicted octanol–water partition coefficient (Wildman–Crippen LogP) is 0.468. The van der Waals surface area contributed by atoms with Crippen molar-refractivity contribution < 1.29 is 18.9 Å². The lowest BCUT2D eigenvalue weighted by Gasteiger charge is -2.26. The number of rotatable bonds is 0. The highest BCUT2D eigenvalue weighted by molar-refractivity contribution is 4.88. The van der Waals surface area contributed by atoms with E-state index in [1.807, 2.05) is 13.8 Å². The largest absolute Gasteiger partial charge is 0.347 e. The lowest BCUT2D eigenvalue weighted by molar-refractivity contribution is -0.190. The summed E-state index contributed by atoms with van der Waals surface area (Å²) in [6, 6.07) is 0. The van der Waals surface area contributed by atoms with Gasteiger partial charge in [-0.15, -0.1) is 0 Å². The van der Waals surface area contributed by atoms with Crippen LogP contribution in [0.3, 0.4) is 0 Å². The Bertz CT molecular complexity index is 141. The zero-order valence-electron chi connectivity index (χ0n) is 6.70. The first-order valence-electron chi connectivity index (χ1n) is 3.77. The molecule has 0 bridgehead atoms. The first-order chi connectivity index (χ1) is 5.26. The van der Waals surface area contributed by atoms with Crippen molar-refractivity contribution in [1.29, 1.82) is 0 Å². The Kier molecular flexibility index (Phi) is 1.64. The maximum Gasteiger partial charge on any atom is 0.225 e. The molecule has 1 spiro atoms. The molecule has 0 aromatic heterocycles. The van der Waals surface area contributed by atoms with Crippen molar-refractivity contribution in [3.05, 3.63) is 0 Å². The molecule has 2 saturated heterocycles. The first kappa shape index (κ1) is 7.49. The van der Waals surface area contributed by atoms with Crippen LogP contribution in [0.15, 0.2) is 0 Å². The van der Waals surface area contributed by atoms with Crippen LogP contribution in [0.25, 0.3) is 0 Å². The molecule has 0 N–H and O–H groups in total. The van der Waals surface area contributed by atoms with Crippen molar-refractivity contribution >= 4 is 0 Å². The Balaban J connectivity index is 2.19. The summed E-state index contributed by atoms with van der Waals surface area (Å²) in [6.45, 7) is 4.46. The van der Waals surface area contributed by atoms with E-state index in [0.717, 1.165) is 0 Å². The van der Waals surface area contributed by atoms with Crippen molar-refractivity contribution in [1.82, 2.24) is 0 Å². The summed E-state index contributed by atoms with van der Waals surface area (Å²) in [7, 11) is 0. The van der Waals surface area contributed by atoms with E-state index in [4.69, 9.17) is 18.9 Å². The smallest absolute Gasteiger partial charge is 0.225 e. The van der Waals surface area contributed by atoms with Crippen LogP contribution in [0.5, 0.6) is 0 Å². The molecule has 2 heterocycles. The molecule has 2 rings (SSSR count). The third-order valence-electron chi connectivity index (χ3n) is 2.34. The van der Waals surface area contributed by atoms with Crippen molar-refractivity contribution in [2.45, 2.75) is 31.8 Å². The van der Waals surface area contributed by atoms with E-state index in [0.29, 0.717) is 13.6 Å². The van der Waals surface area contributed by atoms with Crippen LogP contribution in [0, 0.1) is 0 Å². The molecule has 0 saturated carbocycles. The predicted molar refractivity (Wildman–Crippen MR) is 35.7 cm³/mol. The summed E-state index contributed by atoms with van der Waals surface area (Å²) in [6.07, 6.45) is -0.0833. The quantitative estimate of drug-likeness (QED) is 0.516. The number of hydrogen-bond donors (Lipinski definition) is 0. The first-order valence-corrected chi connectivity index (χ1v) is 3.77. The molecular weight excluding hydrogens is 148 g/mol. The average Bonchev–Trinajstić information content (AvgIpc) is 2.48. The van der Waals surface area contributed by atoms with Crippen LogP contribution in [0.1, 0.15) is 13.8 Å². The van der Waals surface area contributed by atoms with Gasteiger partial charge >= 0.3 is 0 Å². The molecule has 0 amide bonds. The van der Waals surface area contributed by atoms with Crippen molar-refractivity contribution in [3.8, 4) is 0 Å². The van der Waals surface area contributed by atoms with Crippen LogP contribution < -0.4 is 0 Å². The molecule has 64 valence electrons. The van der Waals surface area contributed by atoms with Gasteiger partial charge in [0.2, 0.25) is 5.79 Å². The van der Waals surface area contributed by atoms with Gasteiger partial charge in [-0.25, -0.2) is 0 Å². The Morgan fingerprint density at radius 1 is 1.00 bits per heavy atom. The maximum absolute atomic E-state index is 5.36. The fourth-order valence-electron chi connectivity index (χ4n) is 1.53. The van der Waals surface area contributed by atoms with Crippen molar-refractivity contribution in [3.63, 3.8) is 0 Å². The molecular formula is C7H12O4. The van der Waals surface area contributed by atoms with Crippen LogP contribution >= 0.6 is 0 Å². The number of hydrogen-bond acceptors (Lipinski definition) is 4. The minimum Gasteiger partial charge on any atom is -0.347 e. The van der Waals surface area contributed by atoms with Crippen LogP contribution in [-0.4, -0.2) is 31.6 Å². The number of ether oxygens (including phenoxy) is 4. The summed E-state index contributed by atoms with van der Waals surface area (Å²) in [4.78, 5) is 0. The van der Waals surface area contributed by atoms with Gasteiger partial charge in [-0.1, -0.05) is 0 Å². The summed E-state index contributed by atoms with van der Waals surface area (Å²) in [5.74, 6) is -0.639. The molecule has 0 aromatic carbocycles. The Morgan fingerprint density at radius 3 is 1.73 bits per heavy atom. The molecule has 4 nitrogen and oxygen atoms in total. The molecule has 0 aliphatic carbocycles. The van der Waals surface area contributed by atoms with Crippen molar-refractivity contribution in [2.75, 3.05) is 13.6 Å². The van der Waals surface area contributed by atoms with Crippen molar-refractivity contribution in [2.24, 2.45) is 0 Å². The van der Waals surface area contributed by atoms with Crippen LogP contribution in [0.4, 0.5) is 0 Å². The lowest BCUT2D eigenvalue weighted by Crippen LogP contribution is -2.45. The van der Waals surface area contributed by atoms with E-state index in [9.17, 15) is 0 Å². The van der Waals surface area contributed by atoms with Gasteiger partial charge in [0, 0.05) is 0 Å². The SMILES string of the molecule is CC1OCOC12OCOC2C. The summed E-state index contributed by atoms with van der Waals surface area (Å²) < 4.78 is 21.2. The van der Waals surface area contributed by atoms with Crippen LogP contribution in [-0.2, 0) is 18.9 Å². The Morgan fingerprint density at radius 2 is 1.45 bits per heavy atom. The second kappa shape index (κ2) is 2.42. The van der Waals surface area contributed by atoms with Crippen LogP contribution in [0.2, 0.25) is 0 Å². The van der Waals surface area contributed by atoms with Gasteiger partial charge in [-0.05, 0) is 13.8 Å². The third kappa shape index (κ3) is 0.906. The summed E-state index contributed by atoms with van der Waals surface area (Å²) in [5.41, 5.74) is 0. The van der Waals surface area contributed by atoms with Gasteiger partial charge in [0.15, 0.2) is 13.6 Å². The minimum atomic E-state index is -0.639.